The first kappa shape index (κ1) is 21.5. The fourth-order valence-corrected chi connectivity index (χ4v) is 9.97. The van der Waals surface area contributed by atoms with Crippen LogP contribution < -0.4 is 5.30 Å². The number of nitrogens with zero attached hydrogens (tertiary/aromatic N) is 5. The molecule has 2 heterocycles. The van der Waals surface area contributed by atoms with E-state index in [1.54, 1.807) is 6.07 Å². The second-order valence-corrected chi connectivity index (χ2v) is 12.2. The molecule has 0 amide bonds. The average molecular weight is 468 g/mol. The van der Waals surface area contributed by atoms with Crippen molar-refractivity contribution < 1.29 is 4.39 Å². The van der Waals surface area contributed by atoms with Crippen molar-refractivity contribution in [2.45, 2.75) is 39.7 Å². The van der Waals surface area contributed by atoms with E-state index in [2.05, 4.69) is 23.2 Å². The fraction of sp³-hybridized carbons (Fsp3) is 0.333. The second kappa shape index (κ2) is 8.22. The minimum absolute atomic E-state index is 0.274. The minimum atomic E-state index is -2.48. The molecule has 0 saturated heterocycles. The Morgan fingerprint density at radius 1 is 1.06 bits per heavy atom. The largest absolute Gasteiger partial charge is 0.310 e. The molecule has 2 aliphatic rings. The van der Waals surface area contributed by atoms with Crippen LogP contribution in [0.2, 0.25) is 0 Å². The molecule has 8 heteroatoms. The lowest BCUT2D eigenvalue weighted by Gasteiger charge is -2.46. The number of benzene rings is 2. The van der Waals surface area contributed by atoms with Gasteiger partial charge < -0.3 is 4.67 Å². The van der Waals surface area contributed by atoms with Crippen LogP contribution in [0.15, 0.2) is 59.6 Å². The Kier molecular flexibility index (Phi) is 5.52. The Balaban J connectivity index is 1.85. The smallest absolute Gasteiger partial charge is 0.169 e. The lowest BCUT2D eigenvalue weighted by Crippen LogP contribution is -2.44. The molecule has 0 bridgehead atoms. The van der Waals surface area contributed by atoms with E-state index in [1.165, 1.54) is 6.07 Å². The van der Waals surface area contributed by atoms with Crippen LogP contribution in [-0.2, 0) is 11.8 Å². The summed E-state index contributed by atoms with van der Waals surface area (Å²) in [7, 11) is 0. The van der Waals surface area contributed by atoms with Gasteiger partial charge in [-0.15, -0.1) is 0 Å². The summed E-state index contributed by atoms with van der Waals surface area (Å²) in [5.74, 6) is 1.11. The molecular formula is C24H27FN5PS. The first-order valence-corrected chi connectivity index (χ1v) is 13.9. The van der Waals surface area contributed by atoms with Gasteiger partial charge in [0.2, 0.25) is 0 Å². The summed E-state index contributed by atoms with van der Waals surface area (Å²) >= 11 is 6.64. The molecule has 1 aliphatic heterocycles. The summed E-state index contributed by atoms with van der Waals surface area (Å²) in [5, 5.41) is 5.93. The van der Waals surface area contributed by atoms with Gasteiger partial charge in [-0.1, -0.05) is 56.0 Å². The Labute approximate surface area is 193 Å². The number of rotatable bonds is 6. The third kappa shape index (κ3) is 3.26. The quantitative estimate of drug-likeness (QED) is 0.470. The van der Waals surface area contributed by atoms with E-state index in [0.29, 0.717) is 11.4 Å². The van der Waals surface area contributed by atoms with Gasteiger partial charge in [-0.05, 0) is 44.0 Å². The van der Waals surface area contributed by atoms with Crippen molar-refractivity contribution in [3.05, 3.63) is 71.7 Å². The summed E-state index contributed by atoms with van der Waals surface area (Å²) in [4.78, 5) is 5.10. The highest BCUT2D eigenvalue weighted by molar-refractivity contribution is 8.16. The molecule has 5 rings (SSSR count). The van der Waals surface area contributed by atoms with E-state index < -0.39 is 6.34 Å². The van der Waals surface area contributed by atoms with Crippen LogP contribution in [0.4, 0.5) is 10.2 Å². The fourth-order valence-electron chi connectivity index (χ4n) is 4.51. The summed E-state index contributed by atoms with van der Waals surface area (Å²) in [6.45, 7) is 7.95. The van der Waals surface area contributed by atoms with Gasteiger partial charge in [0.15, 0.2) is 5.82 Å². The van der Waals surface area contributed by atoms with Crippen LogP contribution in [0.3, 0.4) is 0 Å². The average Bonchev–Trinajstić information content (AvgIpc) is 3.57. The lowest BCUT2D eigenvalue weighted by atomic mass is 10.2. The number of aliphatic imine (C=N–C) groups is 1. The summed E-state index contributed by atoms with van der Waals surface area (Å²) < 4.78 is 21.6. The Morgan fingerprint density at radius 3 is 2.34 bits per heavy atom. The van der Waals surface area contributed by atoms with Crippen LogP contribution in [0.1, 0.15) is 37.9 Å². The van der Waals surface area contributed by atoms with Gasteiger partial charge >= 0.3 is 0 Å². The van der Waals surface area contributed by atoms with Crippen molar-refractivity contribution in [1.29, 1.82) is 0 Å². The highest BCUT2D eigenvalue weighted by Crippen LogP contribution is 2.61. The summed E-state index contributed by atoms with van der Waals surface area (Å²) in [6.07, 6.45) is -0.377. The molecule has 0 spiro atoms. The lowest BCUT2D eigenvalue weighted by molar-refractivity contribution is 0.470. The third-order valence-electron chi connectivity index (χ3n) is 6.14. The second-order valence-electron chi connectivity index (χ2n) is 8.18. The molecule has 0 N–H and O–H groups in total. The zero-order valence-electron chi connectivity index (χ0n) is 18.6. The molecule has 0 radical (unpaired) electrons. The van der Waals surface area contributed by atoms with Gasteiger partial charge in [0.25, 0.3) is 0 Å². The van der Waals surface area contributed by atoms with Gasteiger partial charge in [-0.2, -0.15) is 5.10 Å². The number of aryl methyl sites for hydroxylation is 1. The summed E-state index contributed by atoms with van der Waals surface area (Å²) in [5.41, 5.74) is 2.33. The standard InChI is InChI=1S/C24H27FN5PS/c1-4-28(5-2)31(32)22-17(3)27-29(18-11-7-6-8-12-18)24(22)26-23(30(31)19-15-16-19)20-13-9-10-14-21(20)25/h6-14,19H,4-5,15-16H2,1-3H3/t31-/m1/s1. The van der Waals surface area contributed by atoms with Gasteiger partial charge in [0.05, 0.1) is 22.2 Å². The van der Waals surface area contributed by atoms with Crippen molar-refractivity contribution in [2.24, 2.45) is 4.99 Å². The van der Waals surface area contributed by atoms with Gasteiger partial charge in [-0.3, -0.25) is 4.67 Å². The van der Waals surface area contributed by atoms with Crippen molar-refractivity contribution in [1.82, 2.24) is 19.1 Å². The predicted octanol–water partition coefficient (Wildman–Crippen LogP) is 5.15. The number of para-hydroxylation sites is 1. The van der Waals surface area contributed by atoms with E-state index in [0.717, 1.165) is 48.4 Å². The van der Waals surface area contributed by atoms with Gasteiger partial charge in [-0.25, -0.2) is 14.1 Å². The van der Waals surface area contributed by atoms with Gasteiger partial charge in [0, 0.05) is 19.1 Å². The van der Waals surface area contributed by atoms with E-state index >= 15 is 4.39 Å². The molecule has 5 nitrogen and oxygen atoms in total. The molecule has 2 aromatic carbocycles. The number of hydrogen-bond donors (Lipinski definition) is 0. The molecule has 1 aliphatic carbocycles. The van der Waals surface area contributed by atoms with Crippen LogP contribution in [0, 0.1) is 12.7 Å². The molecule has 1 saturated carbocycles. The van der Waals surface area contributed by atoms with Crippen molar-refractivity contribution in [3.63, 3.8) is 0 Å². The zero-order valence-corrected chi connectivity index (χ0v) is 20.3. The minimum Gasteiger partial charge on any atom is -0.310 e. The monoisotopic (exact) mass is 467 g/mol. The SMILES string of the molecule is CCN(CC)[P@]1(=S)c2c(C)nn(-c3ccccc3)c2N=C(c2ccccc2F)N1C1CC1. The summed E-state index contributed by atoms with van der Waals surface area (Å²) in [6, 6.07) is 17.2. The highest BCUT2D eigenvalue weighted by atomic mass is 32.4. The van der Waals surface area contributed by atoms with Crippen LogP contribution >= 0.6 is 6.34 Å². The van der Waals surface area contributed by atoms with Gasteiger partial charge in [0.1, 0.15) is 18.0 Å². The normalized spacial score (nSPS) is 20.4. The molecule has 1 fully saturated rings. The number of aromatic nitrogens is 2. The number of amidine groups is 1. The van der Waals surface area contributed by atoms with Crippen molar-refractivity contribution in [2.75, 3.05) is 13.1 Å². The van der Waals surface area contributed by atoms with Crippen LogP contribution in [0.25, 0.3) is 5.69 Å². The Morgan fingerprint density at radius 2 is 1.72 bits per heavy atom. The molecule has 1 aromatic heterocycles. The first-order valence-electron chi connectivity index (χ1n) is 11.1. The van der Waals surface area contributed by atoms with E-state index in [4.69, 9.17) is 21.9 Å². The maximum atomic E-state index is 15.1. The third-order valence-corrected chi connectivity index (χ3v) is 11.4. The molecule has 166 valence electrons. The predicted molar refractivity (Wildman–Crippen MR) is 133 cm³/mol. The topological polar surface area (TPSA) is 36.7 Å². The maximum absolute atomic E-state index is 15.1. The number of fused-ring (bicyclic) bond motifs is 1. The zero-order chi connectivity index (χ0) is 22.5. The van der Waals surface area contributed by atoms with E-state index in [1.807, 2.05) is 54.1 Å². The number of halogens is 1. The molecule has 3 aromatic rings. The first-order chi connectivity index (χ1) is 15.5. The molecule has 32 heavy (non-hydrogen) atoms. The molecular weight excluding hydrogens is 440 g/mol. The van der Waals surface area contributed by atoms with Crippen LogP contribution in [-0.4, -0.2) is 44.1 Å². The van der Waals surface area contributed by atoms with Crippen molar-refractivity contribution in [3.8, 4) is 5.69 Å². The van der Waals surface area contributed by atoms with E-state index in [-0.39, 0.29) is 11.9 Å². The maximum Gasteiger partial charge on any atom is 0.169 e. The van der Waals surface area contributed by atoms with Crippen molar-refractivity contribution >= 4 is 35.1 Å². The molecule has 0 unspecified atom stereocenters. The number of hydrogen-bond acceptors (Lipinski definition) is 3. The highest BCUT2D eigenvalue weighted by Gasteiger charge is 2.49. The Bertz CT molecular complexity index is 1230. The Hall–Kier alpha value is -2.34. The molecule has 1 atom stereocenters. The van der Waals surface area contributed by atoms with Crippen LogP contribution in [0.5, 0.6) is 0 Å². The van der Waals surface area contributed by atoms with E-state index in [9.17, 15) is 0 Å².